The highest BCUT2D eigenvalue weighted by Gasteiger charge is 2.42. The monoisotopic (exact) mass is 285 g/mol. The Morgan fingerprint density at radius 1 is 1.42 bits per heavy atom. The molecule has 3 unspecified atom stereocenters. The maximum atomic E-state index is 11.2. The predicted octanol–water partition coefficient (Wildman–Crippen LogP) is 1.84. The van der Waals surface area contributed by atoms with E-state index in [1.165, 1.54) is 12.2 Å². The van der Waals surface area contributed by atoms with Crippen LogP contribution in [0, 0.1) is 5.92 Å². The second kappa shape index (κ2) is 5.62. The van der Waals surface area contributed by atoms with Crippen molar-refractivity contribution < 1.29 is 14.6 Å². The van der Waals surface area contributed by atoms with Crippen LogP contribution in [0.15, 0.2) is 0 Å². The zero-order valence-electron chi connectivity index (χ0n) is 11.3. The second-order valence-electron chi connectivity index (χ2n) is 6.15. The first kappa shape index (κ1) is 13.7. The van der Waals surface area contributed by atoms with Gasteiger partial charge >= 0.3 is 5.97 Å². The van der Waals surface area contributed by atoms with Gasteiger partial charge in [0, 0.05) is 24.9 Å². The van der Waals surface area contributed by atoms with Crippen LogP contribution in [-0.4, -0.2) is 58.8 Å². The molecule has 3 aliphatic rings. The fourth-order valence-corrected chi connectivity index (χ4v) is 5.09. The van der Waals surface area contributed by atoms with Gasteiger partial charge in [-0.2, -0.15) is 11.8 Å². The van der Waals surface area contributed by atoms with Crippen molar-refractivity contribution >= 4 is 17.7 Å². The molecule has 0 amide bonds. The summed E-state index contributed by atoms with van der Waals surface area (Å²) in [4.78, 5) is 13.6. The summed E-state index contributed by atoms with van der Waals surface area (Å²) < 4.78 is 6.06. The molecule has 3 heterocycles. The van der Waals surface area contributed by atoms with E-state index in [9.17, 15) is 9.90 Å². The maximum absolute atomic E-state index is 11.2. The molecule has 0 aromatic carbocycles. The molecule has 0 saturated carbocycles. The number of carboxylic acid groups (broad SMARTS) is 1. The van der Waals surface area contributed by atoms with Gasteiger partial charge in [0.2, 0.25) is 0 Å². The average Bonchev–Trinajstić information content (AvgIpc) is 2.87. The zero-order valence-corrected chi connectivity index (χ0v) is 12.2. The highest BCUT2D eigenvalue weighted by molar-refractivity contribution is 7.99. The predicted molar refractivity (Wildman–Crippen MR) is 75.6 cm³/mol. The topological polar surface area (TPSA) is 49.8 Å². The molecule has 3 atom stereocenters. The zero-order chi connectivity index (χ0) is 13.3. The van der Waals surface area contributed by atoms with E-state index >= 15 is 0 Å². The van der Waals surface area contributed by atoms with E-state index in [1.54, 1.807) is 0 Å². The standard InChI is InChI=1S/C14H23NO3S/c16-13(17)11-2-1-5-15(9-11)12-3-6-18-14(8-12)4-7-19-10-14/h11-12H,1-10H2,(H,16,17). The molecule has 5 heteroatoms. The molecule has 19 heavy (non-hydrogen) atoms. The number of thioether (sulfide) groups is 1. The Hall–Kier alpha value is -0.260. The van der Waals surface area contributed by atoms with Crippen molar-refractivity contribution in [3.05, 3.63) is 0 Å². The van der Waals surface area contributed by atoms with Crippen molar-refractivity contribution in [2.75, 3.05) is 31.2 Å². The summed E-state index contributed by atoms with van der Waals surface area (Å²) in [5.41, 5.74) is 0.101. The van der Waals surface area contributed by atoms with E-state index in [0.29, 0.717) is 6.04 Å². The Bertz CT molecular complexity index is 344. The van der Waals surface area contributed by atoms with Crippen LogP contribution < -0.4 is 0 Å². The van der Waals surface area contributed by atoms with E-state index < -0.39 is 5.97 Å². The van der Waals surface area contributed by atoms with E-state index in [-0.39, 0.29) is 11.5 Å². The third kappa shape index (κ3) is 2.93. The lowest BCUT2D eigenvalue weighted by molar-refractivity contribution is -0.145. The van der Waals surface area contributed by atoms with E-state index in [4.69, 9.17) is 4.74 Å². The average molecular weight is 285 g/mol. The van der Waals surface area contributed by atoms with Crippen molar-refractivity contribution in [3.63, 3.8) is 0 Å². The Balaban J connectivity index is 1.63. The molecule has 108 valence electrons. The van der Waals surface area contributed by atoms with Crippen LogP contribution in [0.25, 0.3) is 0 Å². The lowest BCUT2D eigenvalue weighted by Gasteiger charge is -2.44. The summed E-state index contributed by atoms with van der Waals surface area (Å²) in [5, 5.41) is 9.20. The number of aliphatic carboxylic acids is 1. The van der Waals surface area contributed by atoms with Crippen LogP contribution in [0.1, 0.15) is 32.1 Å². The Labute approximate surface area is 118 Å². The number of piperidine rings is 1. The van der Waals surface area contributed by atoms with E-state index in [0.717, 1.165) is 51.1 Å². The van der Waals surface area contributed by atoms with Crippen LogP contribution >= 0.6 is 11.8 Å². The van der Waals surface area contributed by atoms with Crippen LogP contribution in [0.5, 0.6) is 0 Å². The van der Waals surface area contributed by atoms with Crippen molar-refractivity contribution in [2.45, 2.75) is 43.7 Å². The first-order valence-electron chi connectivity index (χ1n) is 7.37. The first-order valence-corrected chi connectivity index (χ1v) is 8.53. The number of nitrogens with zero attached hydrogens (tertiary/aromatic N) is 1. The normalized spacial score (nSPS) is 40.6. The maximum Gasteiger partial charge on any atom is 0.307 e. The molecule has 0 aliphatic carbocycles. The summed E-state index contributed by atoms with van der Waals surface area (Å²) in [6.45, 7) is 2.65. The third-order valence-corrected chi connectivity index (χ3v) is 6.08. The smallest absolute Gasteiger partial charge is 0.307 e. The summed E-state index contributed by atoms with van der Waals surface area (Å²) >= 11 is 2.00. The molecule has 3 fully saturated rings. The minimum absolute atomic E-state index is 0.101. The highest BCUT2D eigenvalue weighted by Crippen LogP contribution is 2.40. The van der Waals surface area contributed by atoms with Crippen molar-refractivity contribution in [1.29, 1.82) is 0 Å². The van der Waals surface area contributed by atoms with E-state index in [2.05, 4.69) is 4.90 Å². The first-order chi connectivity index (χ1) is 9.19. The highest BCUT2D eigenvalue weighted by atomic mass is 32.2. The number of rotatable bonds is 2. The molecule has 3 aliphatic heterocycles. The number of likely N-dealkylation sites (tertiary alicyclic amines) is 1. The summed E-state index contributed by atoms with van der Waals surface area (Å²) in [7, 11) is 0. The number of carboxylic acids is 1. The summed E-state index contributed by atoms with van der Waals surface area (Å²) in [5.74, 6) is 1.55. The number of hydrogen-bond donors (Lipinski definition) is 1. The SMILES string of the molecule is O=C(O)C1CCCN(C2CCOC3(CCSC3)C2)C1. The summed E-state index contributed by atoms with van der Waals surface area (Å²) in [6, 6.07) is 0.537. The molecular formula is C14H23NO3S. The number of ether oxygens (including phenoxy) is 1. The van der Waals surface area contributed by atoms with Gasteiger partial charge in [-0.1, -0.05) is 0 Å². The van der Waals surface area contributed by atoms with Gasteiger partial charge in [-0.15, -0.1) is 0 Å². The largest absolute Gasteiger partial charge is 0.481 e. The molecule has 1 N–H and O–H groups in total. The fraction of sp³-hybridized carbons (Fsp3) is 0.929. The Morgan fingerprint density at radius 2 is 2.32 bits per heavy atom. The molecule has 0 radical (unpaired) electrons. The molecule has 3 saturated heterocycles. The van der Waals surface area contributed by atoms with Gasteiger partial charge < -0.3 is 9.84 Å². The fourth-order valence-electron chi connectivity index (χ4n) is 3.72. The minimum atomic E-state index is -0.622. The second-order valence-corrected chi connectivity index (χ2v) is 7.26. The molecule has 0 aromatic heterocycles. The van der Waals surface area contributed by atoms with Crippen molar-refractivity contribution in [1.82, 2.24) is 4.90 Å². The lowest BCUT2D eigenvalue weighted by Crippen LogP contribution is -2.52. The van der Waals surface area contributed by atoms with Gasteiger partial charge in [-0.05, 0) is 44.4 Å². The van der Waals surface area contributed by atoms with Crippen molar-refractivity contribution in [3.8, 4) is 0 Å². The minimum Gasteiger partial charge on any atom is -0.481 e. The van der Waals surface area contributed by atoms with Gasteiger partial charge in [0.05, 0.1) is 11.5 Å². The number of hydrogen-bond acceptors (Lipinski definition) is 4. The van der Waals surface area contributed by atoms with Crippen LogP contribution in [0.2, 0.25) is 0 Å². The molecule has 0 aromatic rings. The molecule has 1 spiro atoms. The van der Waals surface area contributed by atoms with Gasteiger partial charge in [0.25, 0.3) is 0 Å². The third-order valence-electron chi connectivity index (χ3n) is 4.85. The molecule has 4 nitrogen and oxygen atoms in total. The van der Waals surface area contributed by atoms with E-state index in [1.807, 2.05) is 11.8 Å². The Kier molecular flexibility index (Phi) is 4.06. The van der Waals surface area contributed by atoms with Crippen molar-refractivity contribution in [2.24, 2.45) is 5.92 Å². The lowest BCUT2D eigenvalue weighted by atomic mass is 9.87. The number of carbonyl (C=O) groups is 1. The van der Waals surface area contributed by atoms with Crippen LogP contribution in [0.3, 0.4) is 0 Å². The Morgan fingerprint density at radius 3 is 3.05 bits per heavy atom. The van der Waals surface area contributed by atoms with Crippen LogP contribution in [0.4, 0.5) is 0 Å². The quantitative estimate of drug-likeness (QED) is 0.839. The molecule has 0 bridgehead atoms. The summed E-state index contributed by atoms with van der Waals surface area (Å²) in [6.07, 6.45) is 5.21. The van der Waals surface area contributed by atoms with Gasteiger partial charge in [0.15, 0.2) is 0 Å². The van der Waals surface area contributed by atoms with Crippen LogP contribution in [-0.2, 0) is 9.53 Å². The van der Waals surface area contributed by atoms with Gasteiger partial charge in [-0.25, -0.2) is 0 Å². The molecular weight excluding hydrogens is 262 g/mol. The van der Waals surface area contributed by atoms with Gasteiger partial charge in [0.1, 0.15) is 0 Å². The van der Waals surface area contributed by atoms with Gasteiger partial charge in [-0.3, -0.25) is 9.69 Å². The molecule has 3 rings (SSSR count).